The number of aromatic nitrogens is 5. The van der Waals surface area contributed by atoms with Crippen molar-refractivity contribution in [2.45, 2.75) is 32.9 Å². The third-order valence-corrected chi connectivity index (χ3v) is 5.63. The van der Waals surface area contributed by atoms with Gasteiger partial charge < -0.3 is 15.2 Å². The zero-order chi connectivity index (χ0) is 23.0. The van der Waals surface area contributed by atoms with Gasteiger partial charge in [0, 0.05) is 26.0 Å². The topological polar surface area (TPSA) is 85.0 Å². The van der Waals surface area contributed by atoms with Gasteiger partial charge in [-0.15, -0.1) is 10.2 Å². The van der Waals surface area contributed by atoms with Crippen LogP contribution >= 0.6 is 0 Å². The minimum absolute atomic E-state index is 0.118. The van der Waals surface area contributed by atoms with Crippen LogP contribution in [0.4, 0.5) is 0 Å². The van der Waals surface area contributed by atoms with Gasteiger partial charge in [0.1, 0.15) is 12.4 Å². The van der Waals surface area contributed by atoms with Crippen LogP contribution < -0.4 is 10.6 Å². The second-order valence-corrected chi connectivity index (χ2v) is 7.96. The maximum Gasteiger partial charge on any atom is 0.192 e. The van der Waals surface area contributed by atoms with E-state index in [9.17, 15) is 0 Å². The number of rotatable bonds is 8. The third-order valence-electron chi connectivity index (χ3n) is 5.63. The highest BCUT2D eigenvalue weighted by atomic mass is 15.3. The molecule has 1 unspecified atom stereocenters. The Morgan fingerprint density at radius 2 is 1.82 bits per heavy atom. The molecule has 2 aromatic carbocycles. The molecule has 1 atom stereocenters. The second-order valence-electron chi connectivity index (χ2n) is 7.96. The average Bonchev–Trinajstić information content (AvgIpc) is 3.49. The predicted molar refractivity (Wildman–Crippen MR) is 130 cm³/mol. The Kier molecular flexibility index (Phi) is 7.14. The summed E-state index contributed by atoms with van der Waals surface area (Å²) in [5.41, 5.74) is 3.50. The van der Waals surface area contributed by atoms with E-state index >= 15 is 0 Å². The Bertz CT molecular complexity index is 1160. The lowest BCUT2D eigenvalue weighted by atomic mass is 10.1. The molecule has 0 radical (unpaired) electrons. The van der Waals surface area contributed by atoms with Gasteiger partial charge in [-0.25, -0.2) is 9.67 Å². The summed E-state index contributed by atoms with van der Waals surface area (Å²) in [6, 6.07) is 20.8. The first-order valence-electron chi connectivity index (χ1n) is 11.1. The third kappa shape index (κ3) is 5.85. The number of nitrogens with zero attached hydrogens (tertiary/aromatic N) is 6. The number of nitrogens with one attached hydrogen (secondary N) is 2. The molecule has 0 saturated heterocycles. The van der Waals surface area contributed by atoms with Crippen LogP contribution in [0.3, 0.4) is 0 Å². The molecule has 8 heteroatoms. The van der Waals surface area contributed by atoms with Gasteiger partial charge in [-0.2, -0.15) is 5.10 Å². The van der Waals surface area contributed by atoms with Gasteiger partial charge in [-0.3, -0.25) is 0 Å². The largest absolute Gasteiger partial charge is 0.356 e. The highest BCUT2D eigenvalue weighted by Gasteiger charge is 2.09. The molecule has 170 valence electrons. The number of hydrogen-bond acceptors (Lipinski definition) is 4. The van der Waals surface area contributed by atoms with Crippen LogP contribution in [0.25, 0.3) is 5.69 Å². The fraction of sp³-hybridized carbons (Fsp3) is 0.280. The van der Waals surface area contributed by atoms with Crippen LogP contribution in [-0.2, 0) is 20.0 Å². The summed E-state index contributed by atoms with van der Waals surface area (Å²) in [5, 5.41) is 19.6. The van der Waals surface area contributed by atoms with Crippen molar-refractivity contribution in [1.29, 1.82) is 0 Å². The number of guanidine groups is 1. The van der Waals surface area contributed by atoms with E-state index in [2.05, 4.69) is 69.3 Å². The van der Waals surface area contributed by atoms with Crippen molar-refractivity contribution in [3.63, 3.8) is 0 Å². The summed E-state index contributed by atoms with van der Waals surface area (Å²) in [5.74, 6) is 2.45. The first-order valence-corrected chi connectivity index (χ1v) is 11.1. The molecule has 8 nitrogen and oxygen atoms in total. The molecule has 4 aromatic rings. The molecule has 0 saturated carbocycles. The van der Waals surface area contributed by atoms with E-state index < -0.39 is 0 Å². The maximum absolute atomic E-state index is 4.77. The van der Waals surface area contributed by atoms with Crippen LogP contribution in [0.2, 0.25) is 0 Å². The molecule has 4 rings (SSSR count). The predicted octanol–water partition coefficient (Wildman–Crippen LogP) is 3.35. The van der Waals surface area contributed by atoms with Crippen molar-refractivity contribution in [2.75, 3.05) is 6.54 Å². The van der Waals surface area contributed by atoms with E-state index in [1.54, 1.807) is 6.20 Å². The SMILES string of the molecule is Cc1nnc(CN=C(NCCc2ccc(-n3cccn3)cc2)NC(C)c2ccccc2)n1C. The monoisotopic (exact) mass is 442 g/mol. The van der Waals surface area contributed by atoms with E-state index in [0.29, 0.717) is 6.54 Å². The van der Waals surface area contributed by atoms with Gasteiger partial charge in [-0.05, 0) is 49.6 Å². The summed E-state index contributed by atoms with van der Waals surface area (Å²) in [6.45, 7) is 5.28. The van der Waals surface area contributed by atoms with Gasteiger partial charge in [0.2, 0.25) is 0 Å². The molecule has 0 aliphatic rings. The highest BCUT2D eigenvalue weighted by molar-refractivity contribution is 5.80. The standard InChI is InChI=1S/C25H30N8/c1-19(22-8-5-4-6-9-22)29-25(27-18-24-31-30-20(2)32(24)3)26-16-14-21-10-12-23(13-11-21)33-17-7-15-28-33/h4-13,15,17,19H,14,16,18H2,1-3H3,(H2,26,27,29). The van der Waals surface area contributed by atoms with E-state index in [1.165, 1.54) is 11.1 Å². The molecule has 0 spiro atoms. The number of hydrogen-bond donors (Lipinski definition) is 2. The molecule has 33 heavy (non-hydrogen) atoms. The highest BCUT2D eigenvalue weighted by Crippen LogP contribution is 2.12. The van der Waals surface area contributed by atoms with Crippen LogP contribution in [0, 0.1) is 6.92 Å². The Labute approximate surface area is 194 Å². The Morgan fingerprint density at radius 3 is 2.48 bits per heavy atom. The fourth-order valence-corrected chi connectivity index (χ4v) is 3.48. The van der Waals surface area contributed by atoms with Gasteiger partial charge >= 0.3 is 0 Å². The fourth-order valence-electron chi connectivity index (χ4n) is 3.48. The van der Waals surface area contributed by atoms with Crippen LogP contribution in [0.1, 0.15) is 35.7 Å². The summed E-state index contributed by atoms with van der Waals surface area (Å²) >= 11 is 0. The van der Waals surface area contributed by atoms with Crippen LogP contribution in [-0.4, -0.2) is 37.0 Å². The molecule has 0 fully saturated rings. The van der Waals surface area contributed by atoms with Gasteiger partial charge in [-0.1, -0.05) is 42.5 Å². The second kappa shape index (κ2) is 10.6. The molecular formula is C25H30N8. The van der Waals surface area contributed by atoms with Crippen molar-refractivity contribution >= 4 is 5.96 Å². The van der Waals surface area contributed by atoms with Crippen LogP contribution in [0.15, 0.2) is 78.0 Å². The van der Waals surface area contributed by atoms with Gasteiger partial charge in [0.15, 0.2) is 11.8 Å². The molecule has 2 heterocycles. The van der Waals surface area contributed by atoms with Crippen molar-refractivity contribution in [2.24, 2.45) is 12.0 Å². The Hall–Kier alpha value is -3.94. The van der Waals surface area contributed by atoms with Gasteiger partial charge in [0.25, 0.3) is 0 Å². The lowest BCUT2D eigenvalue weighted by Crippen LogP contribution is -2.39. The first kappa shape index (κ1) is 22.3. The van der Waals surface area contributed by atoms with E-state index in [-0.39, 0.29) is 6.04 Å². The van der Waals surface area contributed by atoms with Crippen molar-refractivity contribution in [1.82, 2.24) is 35.2 Å². The molecule has 0 amide bonds. The summed E-state index contributed by atoms with van der Waals surface area (Å²) < 4.78 is 3.82. The molecular weight excluding hydrogens is 412 g/mol. The molecule has 0 aliphatic carbocycles. The summed E-state index contributed by atoms with van der Waals surface area (Å²) in [7, 11) is 1.96. The molecule has 0 aliphatic heterocycles. The lowest BCUT2D eigenvalue weighted by Gasteiger charge is -2.19. The Balaban J connectivity index is 1.40. The number of aliphatic imine (C=N–C) groups is 1. The summed E-state index contributed by atoms with van der Waals surface area (Å²) in [6.07, 6.45) is 4.60. The zero-order valence-corrected chi connectivity index (χ0v) is 19.3. The van der Waals surface area contributed by atoms with Crippen molar-refractivity contribution in [3.05, 3.63) is 95.8 Å². The minimum Gasteiger partial charge on any atom is -0.356 e. The van der Waals surface area contributed by atoms with E-state index in [4.69, 9.17) is 4.99 Å². The normalized spacial score (nSPS) is 12.5. The summed E-state index contributed by atoms with van der Waals surface area (Å²) in [4.78, 5) is 4.77. The maximum atomic E-state index is 4.77. The Morgan fingerprint density at radius 1 is 1.03 bits per heavy atom. The first-order chi connectivity index (χ1) is 16.1. The number of benzene rings is 2. The molecule has 2 N–H and O–H groups in total. The van der Waals surface area contributed by atoms with Crippen LogP contribution in [0.5, 0.6) is 0 Å². The quantitative estimate of drug-likeness (QED) is 0.323. The average molecular weight is 443 g/mol. The zero-order valence-electron chi connectivity index (χ0n) is 19.3. The van der Waals surface area contributed by atoms with Gasteiger partial charge in [0.05, 0.1) is 11.7 Å². The number of aryl methyl sites for hydroxylation is 1. The smallest absolute Gasteiger partial charge is 0.192 e. The minimum atomic E-state index is 0.118. The lowest BCUT2D eigenvalue weighted by molar-refractivity contribution is 0.675. The van der Waals surface area contributed by atoms with Crippen molar-refractivity contribution in [3.8, 4) is 5.69 Å². The van der Waals surface area contributed by atoms with E-state index in [1.807, 2.05) is 53.7 Å². The van der Waals surface area contributed by atoms with E-state index in [0.717, 1.165) is 36.3 Å². The molecule has 2 aromatic heterocycles. The molecule has 0 bridgehead atoms. The van der Waals surface area contributed by atoms with Crippen molar-refractivity contribution < 1.29 is 0 Å².